The zero-order valence-electron chi connectivity index (χ0n) is 16.5. The number of rotatable bonds is 7. The number of amides is 1. The minimum absolute atomic E-state index is 0.223. The Morgan fingerprint density at radius 2 is 1.96 bits per heavy atom. The highest BCUT2D eigenvalue weighted by atomic mass is 32.2. The van der Waals surface area contributed by atoms with Gasteiger partial charge in [0.05, 0.1) is 18.2 Å². The lowest BCUT2D eigenvalue weighted by Gasteiger charge is -2.44. The van der Waals surface area contributed by atoms with Crippen molar-refractivity contribution in [3.05, 3.63) is 0 Å². The molecule has 1 amide bonds. The van der Waals surface area contributed by atoms with Crippen molar-refractivity contribution in [2.45, 2.75) is 81.1 Å². The van der Waals surface area contributed by atoms with Crippen LogP contribution >= 0.6 is 11.8 Å². The van der Waals surface area contributed by atoms with Crippen molar-refractivity contribution >= 4 is 17.7 Å². The summed E-state index contributed by atoms with van der Waals surface area (Å²) >= 11 is 1.20. The zero-order chi connectivity index (χ0) is 20.3. The van der Waals surface area contributed by atoms with Gasteiger partial charge in [-0.2, -0.15) is 0 Å². The quantitative estimate of drug-likeness (QED) is 0.370. The average molecular weight is 407 g/mol. The molecule has 2 aliphatic heterocycles. The van der Waals surface area contributed by atoms with Crippen LogP contribution in [0.25, 0.3) is 0 Å². The van der Waals surface area contributed by atoms with Crippen molar-refractivity contribution in [3.8, 4) is 0 Å². The van der Waals surface area contributed by atoms with Crippen molar-refractivity contribution in [3.63, 3.8) is 0 Å². The number of carbonyl (C=O) groups excluding carboxylic acids is 1. The summed E-state index contributed by atoms with van der Waals surface area (Å²) in [4.78, 5) is 14.9. The van der Waals surface area contributed by atoms with Crippen LogP contribution in [0.2, 0.25) is 0 Å². The highest BCUT2D eigenvalue weighted by Crippen LogP contribution is 2.30. The predicted molar refractivity (Wildman–Crippen MR) is 103 cm³/mol. The minimum atomic E-state index is -1.42. The van der Waals surface area contributed by atoms with Gasteiger partial charge >= 0.3 is 0 Å². The molecule has 2 heterocycles. The van der Waals surface area contributed by atoms with E-state index in [4.69, 9.17) is 4.74 Å². The molecule has 0 spiro atoms. The van der Waals surface area contributed by atoms with Crippen LogP contribution < -0.4 is 5.32 Å². The normalized spacial score (nSPS) is 39.9. The molecule has 0 radical (unpaired) electrons. The standard InChI is InChI=1S/C18H34N2O6S/c1-5-6-10-7-11(20(3)8-10)17(25)19-12(9(2)21)16-14(23)13(22)15(24)18(26-16)27-4/h9-16,18,21-24H,5-8H2,1-4H3,(H,19,25)/t9?,10?,11-,12?,13?,14-,15?,16?,18-/m1/s1. The Labute approximate surface area is 165 Å². The predicted octanol–water partition coefficient (Wildman–Crippen LogP) is -0.857. The number of hydrogen-bond acceptors (Lipinski definition) is 8. The number of ether oxygens (including phenoxy) is 1. The van der Waals surface area contributed by atoms with Crippen molar-refractivity contribution in [2.75, 3.05) is 19.8 Å². The monoisotopic (exact) mass is 406 g/mol. The molecule has 5 N–H and O–H groups in total. The van der Waals surface area contributed by atoms with Gasteiger partial charge in [0.15, 0.2) is 0 Å². The number of carbonyl (C=O) groups is 1. The van der Waals surface area contributed by atoms with Gasteiger partial charge in [-0.3, -0.25) is 9.69 Å². The van der Waals surface area contributed by atoms with Gasteiger partial charge in [0.2, 0.25) is 5.91 Å². The largest absolute Gasteiger partial charge is 0.391 e. The minimum Gasteiger partial charge on any atom is -0.391 e. The molecule has 8 nitrogen and oxygen atoms in total. The Hall–Kier alpha value is -0.420. The first-order valence-electron chi connectivity index (χ1n) is 9.62. The fourth-order valence-corrected chi connectivity index (χ4v) is 4.81. The second kappa shape index (κ2) is 9.87. The van der Waals surface area contributed by atoms with Crippen LogP contribution in [0.4, 0.5) is 0 Å². The van der Waals surface area contributed by atoms with E-state index < -0.39 is 42.0 Å². The van der Waals surface area contributed by atoms with Crippen LogP contribution in [0.3, 0.4) is 0 Å². The lowest BCUT2D eigenvalue weighted by atomic mass is 9.92. The summed E-state index contributed by atoms with van der Waals surface area (Å²) in [6.45, 7) is 4.48. The number of aliphatic hydroxyl groups is 4. The maximum atomic E-state index is 12.8. The molecule has 158 valence electrons. The second-order valence-electron chi connectivity index (χ2n) is 7.80. The third-order valence-electron chi connectivity index (χ3n) is 5.66. The molecule has 0 aliphatic carbocycles. The molecule has 2 saturated heterocycles. The average Bonchev–Trinajstić information content (AvgIpc) is 2.99. The van der Waals surface area contributed by atoms with Crippen LogP contribution in [0.15, 0.2) is 0 Å². The Morgan fingerprint density at radius 3 is 2.52 bits per heavy atom. The van der Waals surface area contributed by atoms with E-state index in [2.05, 4.69) is 12.2 Å². The fourth-order valence-electron chi connectivity index (χ4n) is 4.13. The molecule has 0 aromatic heterocycles. The molecule has 2 aliphatic rings. The molecule has 0 bridgehead atoms. The molecule has 9 atom stereocenters. The number of aliphatic hydroxyl groups excluding tert-OH is 4. The van der Waals surface area contributed by atoms with Gasteiger partial charge in [0, 0.05) is 6.54 Å². The van der Waals surface area contributed by atoms with E-state index in [-0.39, 0.29) is 11.9 Å². The van der Waals surface area contributed by atoms with Gasteiger partial charge in [0.25, 0.3) is 0 Å². The fraction of sp³-hybridized carbons (Fsp3) is 0.944. The first kappa shape index (κ1) is 22.9. The lowest BCUT2D eigenvalue weighted by Crippen LogP contribution is -2.65. The molecule has 0 aromatic carbocycles. The molecule has 6 unspecified atom stereocenters. The Balaban J connectivity index is 2.09. The summed E-state index contributed by atoms with van der Waals surface area (Å²) in [6, 6.07) is -1.20. The van der Waals surface area contributed by atoms with Crippen LogP contribution in [0.1, 0.15) is 33.1 Å². The molecule has 0 aromatic rings. The zero-order valence-corrected chi connectivity index (χ0v) is 17.3. The Bertz CT molecular complexity index is 494. The molecule has 2 rings (SSSR count). The van der Waals surface area contributed by atoms with Gasteiger partial charge in [-0.25, -0.2) is 0 Å². The SMILES string of the molecule is CCCC1C[C@H](C(=O)NC(C(C)O)C2O[C@H](SC)C(O)C(O)[C@H]2O)N(C)C1. The lowest BCUT2D eigenvalue weighted by molar-refractivity contribution is -0.211. The number of thioether (sulfide) groups is 1. The summed E-state index contributed by atoms with van der Waals surface area (Å²) in [5.41, 5.74) is -0.755. The summed E-state index contributed by atoms with van der Waals surface area (Å²) in [6.07, 6.45) is -1.50. The highest BCUT2D eigenvalue weighted by molar-refractivity contribution is 7.99. The Kier molecular flexibility index (Phi) is 8.35. The highest BCUT2D eigenvalue weighted by Gasteiger charge is 2.48. The van der Waals surface area contributed by atoms with E-state index in [9.17, 15) is 25.2 Å². The van der Waals surface area contributed by atoms with Gasteiger partial charge in [-0.05, 0) is 39.0 Å². The van der Waals surface area contributed by atoms with E-state index in [1.807, 2.05) is 11.9 Å². The summed E-state index contributed by atoms with van der Waals surface area (Å²) < 4.78 is 5.72. The smallest absolute Gasteiger partial charge is 0.237 e. The van der Waals surface area contributed by atoms with Crippen molar-refractivity contribution < 1.29 is 30.0 Å². The molecular weight excluding hydrogens is 372 g/mol. The van der Waals surface area contributed by atoms with Crippen molar-refractivity contribution in [1.82, 2.24) is 10.2 Å². The molecule has 2 fully saturated rings. The van der Waals surface area contributed by atoms with Gasteiger partial charge in [-0.15, -0.1) is 11.8 Å². The van der Waals surface area contributed by atoms with Crippen LogP contribution in [-0.2, 0) is 9.53 Å². The molecular formula is C18H34N2O6S. The maximum Gasteiger partial charge on any atom is 0.237 e. The van der Waals surface area contributed by atoms with Gasteiger partial charge in [-0.1, -0.05) is 13.3 Å². The number of nitrogens with zero attached hydrogens (tertiary/aromatic N) is 1. The third kappa shape index (κ3) is 5.14. The van der Waals surface area contributed by atoms with Crippen molar-refractivity contribution in [1.29, 1.82) is 0 Å². The molecule has 9 heteroatoms. The summed E-state index contributed by atoms with van der Waals surface area (Å²) in [5, 5.41) is 43.5. The summed E-state index contributed by atoms with van der Waals surface area (Å²) in [7, 11) is 1.91. The maximum absolute atomic E-state index is 12.8. The number of likely N-dealkylation sites (N-methyl/N-ethyl adjacent to an activating group) is 1. The van der Waals surface area contributed by atoms with E-state index >= 15 is 0 Å². The first-order chi connectivity index (χ1) is 12.7. The third-order valence-corrected chi connectivity index (χ3v) is 6.51. The molecule has 0 saturated carbocycles. The number of likely N-dealkylation sites (tertiary alicyclic amines) is 1. The second-order valence-corrected chi connectivity index (χ2v) is 8.73. The Morgan fingerprint density at radius 1 is 1.30 bits per heavy atom. The van der Waals surface area contributed by atoms with E-state index in [1.54, 1.807) is 6.26 Å². The molecule has 27 heavy (non-hydrogen) atoms. The first-order valence-corrected chi connectivity index (χ1v) is 10.9. The number of hydrogen-bond donors (Lipinski definition) is 5. The van der Waals surface area contributed by atoms with Crippen LogP contribution in [-0.4, -0.2) is 99.1 Å². The van der Waals surface area contributed by atoms with E-state index in [0.717, 1.165) is 25.8 Å². The van der Waals surface area contributed by atoms with Crippen LogP contribution in [0, 0.1) is 5.92 Å². The number of nitrogens with one attached hydrogen (secondary N) is 1. The van der Waals surface area contributed by atoms with E-state index in [1.165, 1.54) is 18.7 Å². The van der Waals surface area contributed by atoms with Gasteiger partial charge < -0.3 is 30.5 Å². The van der Waals surface area contributed by atoms with Crippen molar-refractivity contribution in [2.24, 2.45) is 5.92 Å². The topological polar surface area (TPSA) is 122 Å². The van der Waals surface area contributed by atoms with Gasteiger partial charge in [0.1, 0.15) is 29.9 Å². The summed E-state index contributed by atoms with van der Waals surface area (Å²) in [5.74, 6) is 0.245. The van der Waals surface area contributed by atoms with Crippen LogP contribution in [0.5, 0.6) is 0 Å². The van der Waals surface area contributed by atoms with E-state index in [0.29, 0.717) is 5.92 Å².